The number of aliphatic carboxylic acids is 1. The van der Waals surface area contributed by atoms with E-state index >= 15 is 0 Å². The van der Waals surface area contributed by atoms with Gasteiger partial charge >= 0.3 is 5.97 Å². The fourth-order valence-corrected chi connectivity index (χ4v) is 2.38. The molecule has 98 valence electrons. The van der Waals surface area contributed by atoms with Gasteiger partial charge in [0.1, 0.15) is 0 Å². The van der Waals surface area contributed by atoms with Gasteiger partial charge in [0.25, 0.3) is 0 Å². The summed E-state index contributed by atoms with van der Waals surface area (Å²) in [5.41, 5.74) is 0.0841. The van der Waals surface area contributed by atoms with E-state index in [4.69, 9.17) is 0 Å². The first-order chi connectivity index (χ1) is 8.56. The zero-order valence-corrected chi connectivity index (χ0v) is 10.7. The van der Waals surface area contributed by atoms with Crippen LogP contribution in [0.4, 0.5) is 0 Å². The number of carboxylic acids is 1. The predicted octanol–water partition coefficient (Wildman–Crippen LogP) is -0.00998. The van der Waals surface area contributed by atoms with Gasteiger partial charge in [-0.15, -0.1) is 0 Å². The Morgan fingerprint density at radius 3 is 2.56 bits per heavy atom. The van der Waals surface area contributed by atoms with E-state index in [1.54, 1.807) is 26.2 Å². The molecule has 1 unspecified atom stereocenters. The fourth-order valence-electron chi connectivity index (χ4n) is 2.38. The number of aromatic nitrogens is 2. The second-order valence-electron chi connectivity index (χ2n) is 4.60. The van der Waals surface area contributed by atoms with Gasteiger partial charge in [0.15, 0.2) is 5.54 Å². The maximum Gasteiger partial charge on any atom is 0.330 e. The van der Waals surface area contributed by atoms with Gasteiger partial charge in [-0.1, -0.05) is 0 Å². The lowest BCUT2D eigenvalue weighted by Gasteiger charge is -2.40. The van der Waals surface area contributed by atoms with E-state index in [1.807, 2.05) is 4.90 Å². The van der Waals surface area contributed by atoms with Crippen LogP contribution in [0.1, 0.15) is 18.3 Å². The minimum atomic E-state index is -1.11. The molecule has 2 rings (SSSR count). The number of aryl methyl sites for hydroxylation is 1. The lowest BCUT2D eigenvalue weighted by Crippen LogP contribution is -2.57. The summed E-state index contributed by atoms with van der Waals surface area (Å²) in [4.78, 5) is 22.1. The maximum atomic E-state index is 11.7. The molecule has 0 radical (unpaired) electrons. The number of rotatable bonds is 3. The Balaban J connectivity index is 2.43. The molecule has 0 aliphatic carbocycles. The molecule has 1 aromatic rings. The molecule has 2 heterocycles. The van der Waals surface area contributed by atoms with Crippen LogP contribution in [-0.4, -0.2) is 52.1 Å². The van der Waals surface area contributed by atoms with Crippen LogP contribution in [0, 0.1) is 6.92 Å². The average Bonchev–Trinajstić information content (AvgIpc) is 2.39. The number of piperazine rings is 1. The summed E-state index contributed by atoms with van der Waals surface area (Å²) in [6.07, 6.45) is 3.13. The van der Waals surface area contributed by atoms with Gasteiger partial charge in [0, 0.05) is 38.6 Å². The zero-order valence-electron chi connectivity index (χ0n) is 10.7. The third-order valence-corrected chi connectivity index (χ3v) is 3.51. The molecule has 1 aliphatic rings. The highest BCUT2D eigenvalue weighted by Crippen LogP contribution is 2.28. The van der Waals surface area contributed by atoms with Crippen LogP contribution >= 0.6 is 0 Å². The van der Waals surface area contributed by atoms with E-state index in [0.717, 1.165) is 13.1 Å². The third kappa shape index (κ3) is 2.09. The minimum absolute atomic E-state index is 0.527. The Labute approximate surface area is 106 Å². The molecule has 1 fully saturated rings. The highest BCUT2D eigenvalue weighted by Gasteiger charge is 2.44. The smallest absolute Gasteiger partial charge is 0.330 e. The van der Waals surface area contributed by atoms with Crippen molar-refractivity contribution < 1.29 is 9.90 Å². The fraction of sp³-hybridized carbons (Fsp3) is 0.583. The molecule has 6 nitrogen and oxygen atoms in total. The summed E-state index contributed by atoms with van der Waals surface area (Å²) in [5.74, 6) is -0.881. The molecule has 0 spiro atoms. The van der Waals surface area contributed by atoms with Crippen LogP contribution in [0.3, 0.4) is 0 Å². The summed E-state index contributed by atoms with van der Waals surface area (Å²) in [5, 5.41) is 12.9. The van der Waals surface area contributed by atoms with Gasteiger partial charge in [0.2, 0.25) is 0 Å². The Morgan fingerprint density at radius 1 is 1.39 bits per heavy atom. The molecule has 0 aromatic carbocycles. The van der Waals surface area contributed by atoms with Crippen molar-refractivity contribution in [2.45, 2.75) is 19.4 Å². The van der Waals surface area contributed by atoms with Crippen LogP contribution in [0.15, 0.2) is 12.4 Å². The molecule has 1 aromatic heterocycles. The first-order valence-corrected chi connectivity index (χ1v) is 6.04. The lowest BCUT2D eigenvalue weighted by atomic mass is 9.92. The first-order valence-electron chi connectivity index (χ1n) is 6.04. The van der Waals surface area contributed by atoms with Gasteiger partial charge in [-0.3, -0.25) is 14.9 Å². The number of nitrogens with zero attached hydrogens (tertiary/aromatic N) is 3. The van der Waals surface area contributed by atoms with E-state index in [2.05, 4.69) is 15.3 Å². The molecule has 1 atom stereocenters. The van der Waals surface area contributed by atoms with Gasteiger partial charge in [-0.2, -0.15) is 0 Å². The molecule has 2 N–H and O–H groups in total. The van der Waals surface area contributed by atoms with E-state index in [-0.39, 0.29) is 0 Å². The summed E-state index contributed by atoms with van der Waals surface area (Å²) in [6, 6.07) is 0. The molecule has 1 saturated heterocycles. The van der Waals surface area contributed by atoms with E-state index in [1.165, 1.54) is 0 Å². The number of hydrogen-bond donors (Lipinski definition) is 2. The Morgan fingerprint density at radius 2 is 2.00 bits per heavy atom. The summed E-state index contributed by atoms with van der Waals surface area (Å²) in [7, 11) is 0. The number of carbonyl (C=O) groups is 1. The van der Waals surface area contributed by atoms with E-state index < -0.39 is 11.5 Å². The second-order valence-corrected chi connectivity index (χ2v) is 4.60. The van der Waals surface area contributed by atoms with Crippen molar-refractivity contribution in [3.63, 3.8) is 0 Å². The van der Waals surface area contributed by atoms with Crippen LogP contribution in [0.2, 0.25) is 0 Å². The maximum absolute atomic E-state index is 11.7. The standard InChI is InChI=1S/C12H18N4O2/c1-9-10(15-4-3-14-9)12(2,11(17)18)16-7-5-13-6-8-16/h3-4,13H,5-8H2,1-2H3,(H,17,18). The van der Waals surface area contributed by atoms with Crippen molar-refractivity contribution in [2.24, 2.45) is 0 Å². The summed E-state index contributed by atoms with van der Waals surface area (Å²) >= 11 is 0. The van der Waals surface area contributed by atoms with Gasteiger partial charge in [-0.25, -0.2) is 4.79 Å². The SMILES string of the molecule is Cc1nccnc1C(C)(C(=O)O)N1CCNCC1. The average molecular weight is 250 g/mol. The number of hydrogen-bond acceptors (Lipinski definition) is 5. The second kappa shape index (κ2) is 4.99. The predicted molar refractivity (Wildman–Crippen MR) is 66.2 cm³/mol. The topological polar surface area (TPSA) is 78.3 Å². The van der Waals surface area contributed by atoms with E-state index in [9.17, 15) is 9.90 Å². The first kappa shape index (κ1) is 12.9. The number of carboxylic acid groups (broad SMARTS) is 1. The van der Waals surface area contributed by atoms with Crippen molar-refractivity contribution >= 4 is 5.97 Å². The lowest BCUT2D eigenvalue weighted by molar-refractivity contribution is -0.152. The van der Waals surface area contributed by atoms with Gasteiger partial charge in [-0.05, 0) is 13.8 Å². The van der Waals surface area contributed by atoms with Crippen molar-refractivity contribution in [3.05, 3.63) is 23.8 Å². The normalized spacial score (nSPS) is 20.3. The van der Waals surface area contributed by atoms with Crippen LogP contribution in [-0.2, 0) is 10.3 Å². The molecular formula is C12H18N4O2. The largest absolute Gasteiger partial charge is 0.480 e. The van der Waals surface area contributed by atoms with Crippen LogP contribution < -0.4 is 5.32 Å². The summed E-state index contributed by atoms with van der Waals surface area (Å²) < 4.78 is 0. The Hall–Kier alpha value is -1.53. The van der Waals surface area contributed by atoms with Gasteiger partial charge in [0.05, 0.1) is 11.4 Å². The molecule has 1 aliphatic heterocycles. The van der Waals surface area contributed by atoms with Crippen molar-refractivity contribution in [3.8, 4) is 0 Å². The third-order valence-electron chi connectivity index (χ3n) is 3.51. The number of nitrogens with one attached hydrogen (secondary N) is 1. The minimum Gasteiger partial charge on any atom is -0.480 e. The Kier molecular flexibility index (Phi) is 3.58. The van der Waals surface area contributed by atoms with Crippen LogP contribution in [0.5, 0.6) is 0 Å². The van der Waals surface area contributed by atoms with Crippen LogP contribution in [0.25, 0.3) is 0 Å². The molecule has 0 amide bonds. The van der Waals surface area contributed by atoms with Crippen molar-refractivity contribution in [1.29, 1.82) is 0 Å². The molecule has 0 saturated carbocycles. The zero-order chi connectivity index (χ0) is 13.2. The van der Waals surface area contributed by atoms with Gasteiger partial charge < -0.3 is 10.4 Å². The van der Waals surface area contributed by atoms with Crippen molar-refractivity contribution in [2.75, 3.05) is 26.2 Å². The highest BCUT2D eigenvalue weighted by molar-refractivity contribution is 5.80. The highest BCUT2D eigenvalue weighted by atomic mass is 16.4. The molecule has 6 heteroatoms. The molecule has 0 bridgehead atoms. The summed E-state index contributed by atoms with van der Waals surface area (Å²) in [6.45, 7) is 6.48. The molecule has 18 heavy (non-hydrogen) atoms. The van der Waals surface area contributed by atoms with Crippen molar-refractivity contribution in [1.82, 2.24) is 20.2 Å². The molecular weight excluding hydrogens is 232 g/mol. The monoisotopic (exact) mass is 250 g/mol. The van der Waals surface area contributed by atoms with E-state index in [0.29, 0.717) is 24.5 Å². The quantitative estimate of drug-likeness (QED) is 0.785. The Bertz CT molecular complexity index is 445.